The van der Waals surface area contributed by atoms with Gasteiger partial charge in [0.25, 0.3) is 0 Å². The van der Waals surface area contributed by atoms with E-state index < -0.39 is 86.5 Å². The number of carbonyl (C=O) groups excluding carboxylic acids is 3. The fourth-order valence-electron chi connectivity index (χ4n) is 9.25. The maximum atomic E-state index is 17.4. The first-order valence-corrected chi connectivity index (χ1v) is 20.4. The monoisotopic (exact) mass is 759 g/mol. The second kappa shape index (κ2) is 15.0. The van der Waals surface area contributed by atoms with Gasteiger partial charge in [0.05, 0.1) is 12.7 Å². The van der Waals surface area contributed by atoms with Gasteiger partial charge < -0.3 is 30.1 Å². The molecule has 0 bridgehead atoms. The molecule has 284 valence electrons. The molecular formula is C34H48FNO13P2. The van der Waals surface area contributed by atoms with Gasteiger partial charge in [-0.15, -0.1) is 5.92 Å². The molecule has 51 heavy (non-hydrogen) atoms. The maximum absolute atomic E-state index is 17.4. The Morgan fingerprint density at radius 3 is 2.55 bits per heavy atom. The smallest absolute Gasteiger partial charge is 0.390 e. The predicted molar refractivity (Wildman–Crippen MR) is 179 cm³/mol. The number of aliphatic hydroxyl groups is 2. The highest BCUT2D eigenvalue weighted by atomic mass is 31.3. The van der Waals surface area contributed by atoms with Crippen molar-refractivity contribution in [2.45, 2.75) is 102 Å². The summed E-state index contributed by atoms with van der Waals surface area (Å²) in [5.74, 6) is 1.94. The SMILES string of the molecule is C[C@@H]1C[C@H]2[C@@H]3CCC4=CC(=O)C=C[C@]4(C)[C@@]3(F)[C@@H](O)C[C@]2(C)[C@@]1(O)C(=O)COP(=O)(O)OP(=O)(O)OCCNC(=O)COC1C#CCCCCC1. The molecule has 3 unspecified atom stereocenters. The van der Waals surface area contributed by atoms with Gasteiger partial charge in [-0.3, -0.25) is 23.4 Å². The van der Waals surface area contributed by atoms with E-state index in [9.17, 15) is 43.5 Å². The van der Waals surface area contributed by atoms with E-state index in [0.717, 1.165) is 25.7 Å². The van der Waals surface area contributed by atoms with Gasteiger partial charge in [-0.25, -0.2) is 13.5 Å². The molecule has 0 aliphatic heterocycles. The molecule has 0 aromatic carbocycles. The molecule has 0 radical (unpaired) electrons. The molecule has 17 heteroatoms. The first-order chi connectivity index (χ1) is 23.8. The summed E-state index contributed by atoms with van der Waals surface area (Å²) < 4.78 is 61.6. The summed E-state index contributed by atoms with van der Waals surface area (Å²) in [6.07, 6.45) is 7.16. The van der Waals surface area contributed by atoms with Crippen molar-refractivity contribution in [3.05, 3.63) is 23.8 Å². The first kappa shape index (κ1) is 40.1. The zero-order valence-corrected chi connectivity index (χ0v) is 30.8. The van der Waals surface area contributed by atoms with Crippen molar-refractivity contribution in [1.82, 2.24) is 5.32 Å². The summed E-state index contributed by atoms with van der Waals surface area (Å²) in [4.78, 5) is 58.0. The van der Waals surface area contributed by atoms with Crippen molar-refractivity contribution in [1.29, 1.82) is 0 Å². The second-order valence-corrected chi connectivity index (χ2v) is 17.8. The van der Waals surface area contributed by atoms with Gasteiger partial charge in [0.1, 0.15) is 24.9 Å². The van der Waals surface area contributed by atoms with Crippen LogP contribution >= 0.6 is 15.6 Å². The maximum Gasteiger partial charge on any atom is 0.481 e. The molecule has 0 heterocycles. The number of Topliss-reactive ketones (excluding diaryl/α,β-unsaturated/α-hetero) is 1. The minimum absolute atomic E-state index is 0.198. The number of ketones is 2. The van der Waals surface area contributed by atoms with Gasteiger partial charge in [-0.1, -0.05) is 37.8 Å². The molecule has 11 atom stereocenters. The highest BCUT2D eigenvalue weighted by Crippen LogP contribution is 2.71. The number of phosphoric ester groups is 2. The Balaban J connectivity index is 1.15. The fraction of sp³-hybridized carbons (Fsp3) is 0.735. The quantitative estimate of drug-likeness (QED) is 0.103. The van der Waals surface area contributed by atoms with Crippen LogP contribution in [0.2, 0.25) is 0 Å². The van der Waals surface area contributed by atoms with Crippen LogP contribution in [0, 0.1) is 40.4 Å². The first-order valence-electron chi connectivity index (χ1n) is 17.4. The molecule has 1 amide bonds. The standard InChI is InChI=1S/C34H48FNO13P2/c1-22-17-27-26-12-11-23-18-24(37)13-14-31(23,2)33(26,35)28(38)19-32(27,3)34(22,41)29(39)20-48-51(44,45)49-50(42,43)47-16-15-36-30(40)21-46-25-9-7-5-4-6-8-10-25/h13-14,18,22,25-28,38,41H,4-7,9,11-12,15-17,19-21H2,1-3H3,(H,36,40)(H,42,43)(H,44,45)/t22-,25?,26+,27+,28+,31+,32+,33+,34+/m1/s1. The van der Waals surface area contributed by atoms with Crippen LogP contribution < -0.4 is 5.32 Å². The Bertz CT molecular complexity index is 1630. The zero-order valence-electron chi connectivity index (χ0n) is 29.0. The van der Waals surface area contributed by atoms with Crippen LogP contribution in [0.5, 0.6) is 0 Å². The summed E-state index contributed by atoms with van der Waals surface area (Å²) in [6.45, 7) is 2.44. The topological polar surface area (TPSA) is 215 Å². The number of amides is 1. The van der Waals surface area contributed by atoms with Gasteiger partial charge in [0.2, 0.25) is 5.91 Å². The summed E-state index contributed by atoms with van der Waals surface area (Å²) >= 11 is 0. The van der Waals surface area contributed by atoms with Crippen LogP contribution in [0.25, 0.3) is 0 Å². The highest BCUT2D eigenvalue weighted by molar-refractivity contribution is 7.61. The van der Waals surface area contributed by atoms with Crippen LogP contribution in [0.1, 0.15) is 78.6 Å². The van der Waals surface area contributed by atoms with Gasteiger partial charge in [-0.2, -0.15) is 4.31 Å². The van der Waals surface area contributed by atoms with Crippen molar-refractivity contribution in [2.24, 2.45) is 28.6 Å². The van der Waals surface area contributed by atoms with Crippen molar-refractivity contribution in [3.63, 3.8) is 0 Å². The fourth-order valence-corrected chi connectivity index (χ4v) is 11.3. The average molecular weight is 760 g/mol. The number of hydrogen-bond acceptors (Lipinski definition) is 11. The Morgan fingerprint density at radius 1 is 1.08 bits per heavy atom. The number of phosphoric acid groups is 2. The lowest BCUT2D eigenvalue weighted by Crippen LogP contribution is -2.69. The molecule has 0 aromatic rings. The van der Waals surface area contributed by atoms with E-state index in [-0.39, 0.29) is 44.3 Å². The van der Waals surface area contributed by atoms with E-state index in [1.807, 2.05) is 0 Å². The number of fused-ring (bicyclic) bond motifs is 5. The van der Waals surface area contributed by atoms with Gasteiger partial charge in [0, 0.05) is 29.7 Å². The molecule has 5 aliphatic carbocycles. The van der Waals surface area contributed by atoms with Crippen LogP contribution in [0.15, 0.2) is 23.8 Å². The van der Waals surface area contributed by atoms with Crippen molar-refractivity contribution < 1.29 is 66.0 Å². The van der Waals surface area contributed by atoms with E-state index in [1.54, 1.807) is 20.8 Å². The number of aliphatic hydroxyl groups excluding tert-OH is 1. The van der Waals surface area contributed by atoms with Gasteiger partial charge in [0.15, 0.2) is 17.2 Å². The molecule has 5 N–H and O–H groups in total. The minimum Gasteiger partial charge on any atom is -0.390 e. The van der Waals surface area contributed by atoms with Crippen molar-refractivity contribution >= 4 is 33.1 Å². The Labute approximate surface area is 296 Å². The summed E-state index contributed by atoms with van der Waals surface area (Å²) in [7, 11) is -10.7. The lowest BCUT2D eigenvalue weighted by Gasteiger charge is -2.62. The van der Waals surface area contributed by atoms with E-state index >= 15 is 4.39 Å². The van der Waals surface area contributed by atoms with Crippen LogP contribution in [0.3, 0.4) is 0 Å². The number of allylic oxidation sites excluding steroid dienone is 4. The molecular weight excluding hydrogens is 711 g/mol. The third-order valence-electron chi connectivity index (χ3n) is 11.8. The normalized spacial score (nSPS) is 39.7. The predicted octanol–water partition coefficient (Wildman–Crippen LogP) is 3.62. The van der Waals surface area contributed by atoms with Gasteiger partial charge >= 0.3 is 15.6 Å². The van der Waals surface area contributed by atoms with Crippen LogP contribution in [-0.2, 0) is 41.6 Å². The Kier molecular flexibility index (Phi) is 11.8. The number of halogens is 1. The lowest BCUT2D eigenvalue weighted by molar-refractivity contribution is -0.219. The van der Waals surface area contributed by atoms with E-state index in [1.165, 1.54) is 18.2 Å². The number of rotatable bonds is 13. The van der Waals surface area contributed by atoms with E-state index in [4.69, 9.17) is 9.26 Å². The zero-order chi connectivity index (χ0) is 37.5. The molecule has 3 fully saturated rings. The van der Waals surface area contributed by atoms with Crippen LogP contribution in [-0.4, -0.2) is 87.3 Å². The van der Waals surface area contributed by atoms with E-state index in [2.05, 4.69) is 26.0 Å². The van der Waals surface area contributed by atoms with Crippen molar-refractivity contribution in [3.8, 4) is 11.8 Å². The van der Waals surface area contributed by atoms with E-state index in [0.29, 0.717) is 18.4 Å². The number of ether oxygens (including phenoxy) is 1. The minimum atomic E-state index is -5.44. The molecule has 0 spiro atoms. The molecule has 0 aromatic heterocycles. The second-order valence-electron chi connectivity index (χ2n) is 14.8. The highest BCUT2D eigenvalue weighted by Gasteiger charge is 2.75. The summed E-state index contributed by atoms with van der Waals surface area (Å²) in [5, 5.41) is 25.9. The molecule has 14 nitrogen and oxygen atoms in total. The lowest BCUT2D eigenvalue weighted by atomic mass is 9.44. The third-order valence-corrected chi connectivity index (χ3v) is 14.5. The third kappa shape index (κ3) is 7.65. The van der Waals surface area contributed by atoms with Crippen molar-refractivity contribution in [2.75, 3.05) is 26.4 Å². The molecule has 3 saturated carbocycles. The summed E-state index contributed by atoms with van der Waals surface area (Å²) in [5.41, 5.74) is -6.51. The largest absolute Gasteiger partial charge is 0.481 e. The Hall–Kier alpha value is -2.08. The molecule has 5 aliphatic rings. The molecule has 0 saturated heterocycles. The van der Waals surface area contributed by atoms with Gasteiger partial charge in [-0.05, 0) is 75.9 Å². The number of alkyl halides is 1. The number of nitrogens with one attached hydrogen (secondary N) is 1. The average Bonchev–Trinajstić information content (AvgIpc) is 3.23. The Morgan fingerprint density at radius 2 is 1.80 bits per heavy atom. The number of carbonyl (C=O) groups is 3. The summed E-state index contributed by atoms with van der Waals surface area (Å²) in [6, 6.07) is 0. The van der Waals surface area contributed by atoms with Crippen LogP contribution in [0.4, 0.5) is 4.39 Å². The number of hydrogen-bond donors (Lipinski definition) is 5. The molecule has 5 rings (SSSR count).